The van der Waals surface area contributed by atoms with E-state index in [1.54, 1.807) is 0 Å². The fraction of sp³-hybridized carbons (Fsp3) is 0.467. The zero-order chi connectivity index (χ0) is 15.2. The molecule has 3 rings (SSSR count). The van der Waals surface area contributed by atoms with Crippen molar-refractivity contribution in [2.75, 3.05) is 13.2 Å². The SMILES string of the molecule is Cc1cc(Br)c(C2C(=O)OC3(CCCOC3)C2=O)c(Br)c1. The fourth-order valence-corrected chi connectivity index (χ4v) is 4.82. The molecule has 112 valence electrons. The summed E-state index contributed by atoms with van der Waals surface area (Å²) < 4.78 is 12.3. The minimum atomic E-state index is -1.09. The van der Waals surface area contributed by atoms with Crippen molar-refractivity contribution >= 4 is 43.6 Å². The van der Waals surface area contributed by atoms with Crippen molar-refractivity contribution in [2.45, 2.75) is 31.3 Å². The number of hydrogen-bond acceptors (Lipinski definition) is 4. The van der Waals surface area contributed by atoms with E-state index in [0.717, 1.165) is 20.9 Å². The van der Waals surface area contributed by atoms with Gasteiger partial charge in [0.05, 0.1) is 6.61 Å². The summed E-state index contributed by atoms with van der Waals surface area (Å²) in [5, 5.41) is 0. The Morgan fingerprint density at radius 3 is 2.48 bits per heavy atom. The number of halogens is 2. The molecule has 0 aromatic heterocycles. The monoisotopic (exact) mass is 416 g/mol. The van der Waals surface area contributed by atoms with Gasteiger partial charge in [0.1, 0.15) is 5.92 Å². The number of Topliss-reactive ketones (excluding diaryl/α,β-unsaturated/α-hetero) is 1. The quantitative estimate of drug-likeness (QED) is 0.519. The van der Waals surface area contributed by atoms with E-state index in [2.05, 4.69) is 31.9 Å². The van der Waals surface area contributed by atoms with Crippen molar-refractivity contribution in [2.24, 2.45) is 0 Å². The third-order valence-electron chi connectivity index (χ3n) is 3.96. The van der Waals surface area contributed by atoms with Gasteiger partial charge in [0.2, 0.25) is 0 Å². The van der Waals surface area contributed by atoms with Gasteiger partial charge in [-0.1, -0.05) is 31.9 Å². The van der Waals surface area contributed by atoms with Crippen LogP contribution in [0.1, 0.15) is 29.9 Å². The summed E-state index contributed by atoms with van der Waals surface area (Å²) in [5.41, 5.74) is 0.578. The lowest BCUT2D eigenvalue weighted by molar-refractivity contribution is -0.164. The first-order valence-corrected chi connectivity index (χ1v) is 8.34. The molecule has 2 fully saturated rings. The standard InChI is InChI=1S/C15H14Br2O4/c1-8-5-9(16)11(10(17)6-8)12-13(18)15(21-14(12)19)3-2-4-20-7-15/h5-6,12H,2-4,7H2,1H3. The Labute approximate surface area is 139 Å². The van der Waals surface area contributed by atoms with Crippen LogP contribution in [-0.4, -0.2) is 30.6 Å². The number of benzene rings is 1. The molecule has 2 atom stereocenters. The first kappa shape index (κ1) is 15.2. The summed E-state index contributed by atoms with van der Waals surface area (Å²) in [6.45, 7) is 2.72. The molecule has 1 spiro atoms. The average molecular weight is 418 g/mol. The fourth-order valence-electron chi connectivity index (χ4n) is 2.95. The van der Waals surface area contributed by atoms with E-state index in [9.17, 15) is 9.59 Å². The smallest absolute Gasteiger partial charge is 0.322 e. The molecule has 0 radical (unpaired) electrons. The summed E-state index contributed by atoms with van der Waals surface area (Å²) in [4.78, 5) is 25.1. The van der Waals surface area contributed by atoms with Crippen LogP contribution in [0.25, 0.3) is 0 Å². The lowest BCUT2D eigenvalue weighted by atomic mass is 9.84. The maximum Gasteiger partial charge on any atom is 0.322 e. The van der Waals surface area contributed by atoms with E-state index < -0.39 is 17.5 Å². The molecule has 0 amide bonds. The largest absolute Gasteiger partial charge is 0.448 e. The van der Waals surface area contributed by atoms with Gasteiger partial charge in [-0.05, 0) is 37.5 Å². The van der Waals surface area contributed by atoms with Gasteiger partial charge in [-0.2, -0.15) is 0 Å². The highest BCUT2D eigenvalue weighted by atomic mass is 79.9. The van der Waals surface area contributed by atoms with E-state index in [-0.39, 0.29) is 12.4 Å². The lowest BCUT2D eigenvalue weighted by Crippen LogP contribution is -2.45. The highest BCUT2D eigenvalue weighted by Gasteiger charge is 2.57. The molecule has 2 heterocycles. The first-order chi connectivity index (χ1) is 9.94. The molecule has 2 saturated heterocycles. The van der Waals surface area contributed by atoms with Gasteiger partial charge in [0.15, 0.2) is 11.4 Å². The number of ketones is 1. The van der Waals surface area contributed by atoms with Gasteiger partial charge in [-0.25, -0.2) is 0 Å². The minimum absolute atomic E-state index is 0.162. The maximum atomic E-state index is 12.8. The molecule has 0 bridgehead atoms. The molecule has 2 unspecified atom stereocenters. The second-order valence-electron chi connectivity index (χ2n) is 5.51. The number of aryl methyl sites for hydroxylation is 1. The van der Waals surface area contributed by atoms with Crippen LogP contribution in [0.3, 0.4) is 0 Å². The molecule has 0 aliphatic carbocycles. The first-order valence-electron chi connectivity index (χ1n) is 6.75. The Hall–Kier alpha value is -0.720. The Bertz CT molecular complexity index is 597. The molecule has 4 nitrogen and oxygen atoms in total. The molecule has 0 N–H and O–H groups in total. The van der Waals surface area contributed by atoms with E-state index in [1.165, 1.54) is 0 Å². The number of rotatable bonds is 1. The minimum Gasteiger partial charge on any atom is -0.448 e. The molecule has 1 aromatic carbocycles. The van der Waals surface area contributed by atoms with Crippen LogP contribution in [0.15, 0.2) is 21.1 Å². The highest BCUT2D eigenvalue weighted by molar-refractivity contribution is 9.11. The van der Waals surface area contributed by atoms with Crippen LogP contribution in [0.2, 0.25) is 0 Å². The molecular weight excluding hydrogens is 404 g/mol. The topological polar surface area (TPSA) is 52.6 Å². The highest BCUT2D eigenvalue weighted by Crippen LogP contribution is 2.43. The van der Waals surface area contributed by atoms with Crippen molar-refractivity contribution in [1.82, 2.24) is 0 Å². The van der Waals surface area contributed by atoms with E-state index in [4.69, 9.17) is 9.47 Å². The Morgan fingerprint density at radius 2 is 1.90 bits per heavy atom. The predicted molar refractivity (Wildman–Crippen MR) is 83.2 cm³/mol. The van der Waals surface area contributed by atoms with Crippen LogP contribution in [-0.2, 0) is 19.1 Å². The number of hydrogen-bond donors (Lipinski definition) is 0. The zero-order valence-electron chi connectivity index (χ0n) is 11.4. The lowest BCUT2D eigenvalue weighted by Gasteiger charge is -2.29. The van der Waals surface area contributed by atoms with Crippen LogP contribution in [0.4, 0.5) is 0 Å². The van der Waals surface area contributed by atoms with E-state index in [1.807, 2.05) is 19.1 Å². The number of carbonyl (C=O) groups is 2. The number of ether oxygens (including phenoxy) is 2. The Balaban J connectivity index is 2.04. The molecule has 2 aliphatic rings. The summed E-state index contributed by atoms with van der Waals surface area (Å²) in [6.07, 6.45) is 1.26. The summed E-state index contributed by atoms with van der Waals surface area (Å²) in [5.74, 6) is -1.58. The van der Waals surface area contributed by atoms with E-state index >= 15 is 0 Å². The second kappa shape index (κ2) is 5.48. The van der Waals surface area contributed by atoms with Crippen LogP contribution < -0.4 is 0 Å². The molecule has 2 aliphatic heterocycles. The van der Waals surface area contributed by atoms with Crippen molar-refractivity contribution in [3.8, 4) is 0 Å². The maximum absolute atomic E-state index is 12.8. The van der Waals surface area contributed by atoms with Crippen molar-refractivity contribution < 1.29 is 19.1 Å². The van der Waals surface area contributed by atoms with E-state index in [0.29, 0.717) is 18.6 Å². The summed E-state index contributed by atoms with van der Waals surface area (Å²) in [6, 6.07) is 3.78. The van der Waals surface area contributed by atoms with Crippen LogP contribution >= 0.6 is 31.9 Å². The van der Waals surface area contributed by atoms with Crippen LogP contribution in [0.5, 0.6) is 0 Å². The third kappa shape index (κ3) is 2.47. The molecule has 1 aromatic rings. The summed E-state index contributed by atoms with van der Waals surface area (Å²) >= 11 is 6.91. The molecule has 21 heavy (non-hydrogen) atoms. The van der Waals surface area contributed by atoms with Gasteiger partial charge in [-0.15, -0.1) is 0 Å². The number of esters is 1. The van der Waals surface area contributed by atoms with Gasteiger partial charge < -0.3 is 9.47 Å². The summed E-state index contributed by atoms with van der Waals surface area (Å²) in [7, 11) is 0. The number of carbonyl (C=O) groups excluding carboxylic acids is 2. The predicted octanol–water partition coefficient (Wildman–Crippen LogP) is 3.28. The van der Waals surface area contributed by atoms with Gasteiger partial charge in [0.25, 0.3) is 0 Å². The second-order valence-corrected chi connectivity index (χ2v) is 7.22. The Morgan fingerprint density at radius 1 is 1.24 bits per heavy atom. The molecule has 0 saturated carbocycles. The normalized spacial score (nSPS) is 29.0. The Kier molecular flexibility index (Phi) is 3.96. The van der Waals surface area contributed by atoms with Crippen LogP contribution in [0, 0.1) is 6.92 Å². The van der Waals surface area contributed by atoms with Gasteiger partial charge >= 0.3 is 5.97 Å². The molecular formula is C15H14Br2O4. The van der Waals surface area contributed by atoms with Gasteiger partial charge in [-0.3, -0.25) is 9.59 Å². The van der Waals surface area contributed by atoms with Crippen molar-refractivity contribution in [3.05, 3.63) is 32.2 Å². The average Bonchev–Trinajstić information content (AvgIpc) is 2.63. The zero-order valence-corrected chi connectivity index (χ0v) is 14.6. The van der Waals surface area contributed by atoms with Gasteiger partial charge in [0, 0.05) is 21.1 Å². The van der Waals surface area contributed by atoms with Crippen molar-refractivity contribution in [1.29, 1.82) is 0 Å². The molecule has 6 heteroatoms. The third-order valence-corrected chi connectivity index (χ3v) is 5.27. The van der Waals surface area contributed by atoms with Crippen molar-refractivity contribution in [3.63, 3.8) is 0 Å².